The average Bonchev–Trinajstić information content (AvgIpc) is 2.84. The molecule has 0 saturated heterocycles. The van der Waals surface area contributed by atoms with E-state index in [1.54, 1.807) is 11.9 Å². The highest BCUT2D eigenvalue weighted by Crippen LogP contribution is 2.45. The van der Waals surface area contributed by atoms with Crippen LogP contribution in [-0.2, 0) is 21.4 Å². The maximum Gasteiger partial charge on any atom is 0.238 e. The minimum absolute atomic E-state index is 0.01000. The van der Waals surface area contributed by atoms with Crippen molar-refractivity contribution in [2.75, 3.05) is 18.5 Å². The van der Waals surface area contributed by atoms with Gasteiger partial charge in [0.2, 0.25) is 11.8 Å². The van der Waals surface area contributed by atoms with E-state index in [0.717, 1.165) is 23.2 Å². The molecule has 1 unspecified atom stereocenters. The van der Waals surface area contributed by atoms with Crippen LogP contribution in [0, 0.1) is 0 Å². The molecule has 0 bridgehead atoms. The van der Waals surface area contributed by atoms with Gasteiger partial charge in [0.15, 0.2) is 0 Å². The first-order valence-electron chi connectivity index (χ1n) is 8.77. The molecule has 2 aromatic rings. The number of nitrogens with one attached hydrogen (secondary N) is 1. The third kappa shape index (κ3) is 3.16. The van der Waals surface area contributed by atoms with Gasteiger partial charge < -0.3 is 10.2 Å². The third-order valence-corrected chi connectivity index (χ3v) is 4.88. The minimum atomic E-state index is -0.843. The molecule has 2 amide bonds. The number of carbonyl (C=O) groups excluding carboxylic acids is 2. The van der Waals surface area contributed by atoms with Gasteiger partial charge in [-0.05, 0) is 30.0 Å². The second-order valence-electron chi connectivity index (χ2n) is 6.65. The van der Waals surface area contributed by atoms with Crippen LogP contribution >= 0.6 is 0 Å². The van der Waals surface area contributed by atoms with Crippen LogP contribution in [0.3, 0.4) is 0 Å². The smallest absolute Gasteiger partial charge is 0.238 e. The van der Waals surface area contributed by atoms with Gasteiger partial charge in [-0.25, -0.2) is 0 Å². The summed E-state index contributed by atoms with van der Waals surface area (Å²) in [4.78, 5) is 27.5. The number of hydrogen-bond acceptors (Lipinski definition) is 2. The van der Waals surface area contributed by atoms with Crippen LogP contribution in [0.15, 0.2) is 54.6 Å². The predicted octanol–water partition coefficient (Wildman–Crippen LogP) is 3.06. The van der Waals surface area contributed by atoms with Gasteiger partial charge in [0, 0.05) is 25.7 Å². The molecule has 1 N–H and O–H groups in total. The summed E-state index contributed by atoms with van der Waals surface area (Å²) in [6.07, 6.45) is 1.57. The molecule has 0 spiro atoms. The van der Waals surface area contributed by atoms with E-state index in [2.05, 4.69) is 5.32 Å². The van der Waals surface area contributed by atoms with Crippen molar-refractivity contribution < 1.29 is 9.59 Å². The molecular formula is C21H24N2O2. The van der Waals surface area contributed by atoms with Crippen LogP contribution in [0.4, 0.5) is 5.69 Å². The summed E-state index contributed by atoms with van der Waals surface area (Å²) in [5.41, 5.74) is 2.05. The van der Waals surface area contributed by atoms with Gasteiger partial charge >= 0.3 is 0 Å². The highest BCUT2D eigenvalue weighted by molar-refractivity contribution is 6.09. The number of carbonyl (C=O) groups is 2. The van der Waals surface area contributed by atoms with Crippen molar-refractivity contribution in [3.8, 4) is 0 Å². The van der Waals surface area contributed by atoms with Crippen LogP contribution in [0.25, 0.3) is 0 Å². The highest BCUT2D eigenvalue weighted by Gasteiger charge is 2.50. The molecule has 130 valence electrons. The molecule has 2 aromatic carbocycles. The normalized spacial score (nSPS) is 19.0. The third-order valence-electron chi connectivity index (χ3n) is 4.88. The number of rotatable bonds is 6. The monoisotopic (exact) mass is 336 g/mol. The van der Waals surface area contributed by atoms with Gasteiger partial charge in [-0.1, -0.05) is 55.5 Å². The predicted molar refractivity (Wildman–Crippen MR) is 99.6 cm³/mol. The molecule has 1 atom stereocenters. The molecule has 1 aliphatic rings. The van der Waals surface area contributed by atoms with Crippen molar-refractivity contribution in [2.24, 2.45) is 0 Å². The lowest BCUT2D eigenvalue weighted by Crippen LogP contribution is -2.44. The summed E-state index contributed by atoms with van der Waals surface area (Å²) < 4.78 is 0. The Morgan fingerprint density at radius 3 is 2.48 bits per heavy atom. The fourth-order valence-electron chi connectivity index (χ4n) is 3.67. The molecule has 3 rings (SSSR count). The topological polar surface area (TPSA) is 49.4 Å². The molecule has 1 heterocycles. The second kappa shape index (κ2) is 7.09. The number of nitrogens with zero attached hydrogens (tertiary/aromatic N) is 1. The molecule has 0 radical (unpaired) electrons. The fourth-order valence-corrected chi connectivity index (χ4v) is 3.67. The van der Waals surface area contributed by atoms with Crippen molar-refractivity contribution in [3.63, 3.8) is 0 Å². The molecule has 25 heavy (non-hydrogen) atoms. The molecule has 0 aromatic heterocycles. The van der Waals surface area contributed by atoms with Crippen molar-refractivity contribution in [1.29, 1.82) is 0 Å². The van der Waals surface area contributed by atoms with E-state index in [1.807, 2.05) is 61.5 Å². The number of anilines is 1. The summed E-state index contributed by atoms with van der Waals surface area (Å²) in [6, 6.07) is 17.7. The summed E-state index contributed by atoms with van der Waals surface area (Å²) >= 11 is 0. The van der Waals surface area contributed by atoms with Crippen LogP contribution < -0.4 is 10.2 Å². The summed E-state index contributed by atoms with van der Waals surface area (Å²) in [5.74, 6) is -0.0829. The van der Waals surface area contributed by atoms with Crippen LogP contribution in [0.5, 0.6) is 0 Å². The lowest BCUT2D eigenvalue weighted by atomic mass is 9.73. The van der Waals surface area contributed by atoms with E-state index in [1.165, 1.54) is 0 Å². The number of amides is 2. The zero-order valence-electron chi connectivity index (χ0n) is 14.8. The Morgan fingerprint density at radius 1 is 1.08 bits per heavy atom. The maximum absolute atomic E-state index is 13.2. The first-order chi connectivity index (χ1) is 12.1. The van der Waals surface area contributed by atoms with E-state index >= 15 is 0 Å². The molecule has 4 heteroatoms. The van der Waals surface area contributed by atoms with Gasteiger partial charge in [0.1, 0.15) is 0 Å². The van der Waals surface area contributed by atoms with E-state index < -0.39 is 5.41 Å². The van der Waals surface area contributed by atoms with Crippen molar-refractivity contribution in [1.82, 2.24) is 5.32 Å². The molecule has 1 aliphatic heterocycles. The lowest BCUT2D eigenvalue weighted by Gasteiger charge is -2.28. The first-order valence-corrected chi connectivity index (χ1v) is 8.77. The van der Waals surface area contributed by atoms with Gasteiger partial charge in [0.25, 0.3) is 0 Å². The van der Waals surface area contributed by atoms with Crippen LogP contribution in [-0.4, -0.2) is 25.4 Å². The van der Waals surface area contributed by atoms with E-state index in [-0.39, 0.29) is 18.2 Å². The van der Waals surface area contributed by atoms with Gasteiger partial charge in [-0.15, -0.1) is 0 Å². The second-order valence-corrected chi connectivity index (χ2v) is 6.65. The molecule has 0 aliphatic carbocycles. The van der Waals surface area contributed by atoms with E-state index in [0.29, 0.717) is 13.0 Å². The standard InChI is InChI=1S/C21H24N2O2/c1-3-13-22-19(24)15-21(14-16-9-5-4-6-10-16)17-11-7-8-12-18(17)23(2)20(21)25/h4-12H,3,13-15H2,1-2H3,(H,22,24). The number of likely N-dealkylation sites (N-methyl/N-ethyl adjacent to an activating group) is 1. The van der Waals surface area contributed by atoms with Gasteiger partial charge in [-0.3, -0.25) is 9.59 Å². The fraction of sp³-hybridized carbons (Fsp3) is 0.333. The highest BCUT2D eigenvalue weighted by atomic mass is 16.2. The van der Waals surface area contributed by atoms with Crippen molar-refractivity contribution >= 4 is 17.5 Å². The first kappa shape index (κ1) is 17.2. The van der Waals surface area contributed by atoms with E-state index in [4.69, 9.17) is 0 Å². The van der Waals surface area contributed by atoms with Crippen LogP contribution in [0.2, 0.25) is 0 Å². The quantitative estimate of drug-likeness (QED) is 0.881. The molecular weight excluding hydrogens is 312 g/mol. The zero-order valence-corrected chi connectivity index (χ0v) is 14.8. The Kier molecular flexibility index (Phi) is 4.88. The summed E-state index contributed by atoms with van der Waals surface area (Å²) in [6.45, 7) is 2.65. The molecule has 0 fully saturated rings. The Bertz CT molecular complexity index is 772. The number of para-hydroxylation sites is 1. The summed E-state index contributed by atoms with van der Waals surface area (Å²) in [5, 5.41) is 2.93. The van der Waals surface area contributed by atoms with E-state index in [9.17, 15) is 9.59 Å². The minimum Gasteiger partial charge on any atom is -0.356 e. The average molecular weight is 336 g/mol. The zero-order chi connectivity index (χ0) is 17.9. The van der Waals surface area contributed by atoms with Gasteiger partial charge in [0.05, 0.1) is 5.41 Å². The Balaban J connectivity index is 2.03. The number of hydrogen-bond donors (Lipinski definition) is 1. The lowest BCUT2D eigenvalue weighted by molar-refractivity contribution is -0.129. The SMILES string of the molecule is CCCNC(=O)CC1(Cc2ccccc2)C(=O)N(C)c2ccccc21. The largest absolute Gasteiger partial charge is 0.356 e. The van der Waals surface area contributed by atoms with Crippen LogP contribution in [0.1, 0.15) is 30.9 Å². The Morgan fingerprint density at radius 2 is 1.76 bits per heavy atom. The molecule has 0 saturated carbocycles. The number of fused-ring (bicyclic) bond motifs is 1. The number of benzene rings is 2. The van der Waals surface area contributed by atoms with Gasteiger partial charge in [-0.2, -0.15) is 0 Å². The molecule has 4 nitrogen and oxygen atoms in total. The van der Waals surface area contributed by atoms with Crippen molar-refractivity contribution in [2.45, 2.75) is 31.6 Å². The summed E-state index contributed by atoms with van der Waals surface area (Å²) in [7, 11) is 1.79. The Hall–Kier alpha value is -2.62. The van der Waals surface area contributed by atoms with Crippen molar-refractivity contribution in [3.05, 3.63) is 65.7 Å². The Labute approximate surface area is 148 Å². The maximum atomic E-state index is 13.2.